The SMILES string of the molecule is N#Cc1ccc(Nc2ccc(Br)c(C(F)(F)F)c2)cc1Cl. The molecule has 0 aliphatic rings. The molecule has 2 rings (SSSR count). The molecule has 0 spiro atoms. The first-order chi connectivity index (χ1) is 9.81. The van der Waals surface area contributed by atoms with Crippen molar-refractivity contribution in [2.75, 3.05) is 5.32 Å². The van der Waals surface area contributed by atoms with Crippen LogP contribution in [-0.4, -0.2) is 0 Å². The van der Waals surface area contributed by atoms with Crippen LogP contribution in [0.5, 0.6) is 0 Å². The average Bonchev–Trinajstić information content (AvgIpc) is 2.40. The monoisotopic (exact) mass is 374 g/mol. The Morgan fingerprint density at radius 3 is 2.29 bits per heavy atom. The molecule has 2 nitrogen and oxygen atoms in total. The van der Waals surface area contributed by atoms with E-state index in [9.17, 15) is 13.2 Å². The van der Waals surface area contributed by atoms with Crippen molar-refractivity contribution in [1.82, 2.24) is 0 Å². The van der Waals surface area contributed by atoms with Gasteiger partial charge >= 0.3 is 6.18 Å². The number of hydrogen-bond acceptors (Lipinski definition) is 2. The Morgan fingerprint density at radius 1 is 1.10 bits per heavy atom. The molecule has 1 N–H and O–H groups in total. The number of halogens is 5. The summed E-state index contributed by atoms with van der Waals surface area (Å²) < 4.78 is 38.4. The van der Waals surface area contributed by atoms with Gasteiger partial charge in [-0.2, -0.15) is 18.4 Å². The van der Waals surface area contributed by atoms with Crippen LogP contribution in [-0.2, 0) is 6.18 Å². The number of anilines is 2. The maximum atomic E-state index is 12.8. The smallest absolute Gasteiger partial charge is 0.355 e. The molecule has 7 heteroatoms. The lowest BCUT2D eigenvalue weighted by atomic mass is 10.1. The van der Waals surface area contributed by atoms with Crippen molar-refractivity contribution in [3.05, 3.63) is 57.0 Å². The lowest BCUT2D eigenvalue weighted by Crippen LogP contribution is -2.06. The van der Waals surface area contributed by atoms with Crippen molar-refractivity contribution < 1.29 is 13.2 Å². The Morgan fingerprint density at radius 2 is 1.71 bits per heavy atom. The van der Waals surface area contributed by atoms with Gasteiger partial charge in [-0.25, -0.2) is 0 Å². The predicted molar refractivity (Wildman–Crippen MR) is 78.6 cm³/mol. The quantitative estimate of drug-likeness (QED) is 0.727. The first kappa shape index (κ1) is 15.7. The van der Waals surface area contributed by atoms with E-state index in [0.29, 0.717) is 11.3 Å². The molecule has 0 saturated heterocycles. The standard InChI is InChI=1S/C14H7BrClF3N2/c15-12-4-3-9(5-11(12)14(17,18)19)21-10-2-1-8(7-20)13(16)6-10/h1-6,21H. The zero-order chi connectivity index (χ0) is 15.6. The van der Waals surface area contributed by atoms with Gasteiger partial charge in [0.25, 0.3) is 0 Å². The van der Waals surface area contributed by atoms with Crippen LogP contribution in [0, 0.1) is 11.3 Å². The number of alkyl halides is 3. The highest BCUT2D eigenvalue weighted by Gasteiger charge is 2.33. The molecular weight excluding hydrogens is 369 g/mol. The van der Waals surface area contributed by atoms with E-state index in [0.717, 1.165) is 6.07 Å². The lowest BCUT2D eigenvalue weighted by Gasteiger charge is -2.13. The predicted octanol–water partition coefficient (Wildman–Crippen LogP) is 5.74. The van der Waals surface area contributed by atoms with E-state index in [1.54, 1.807) is 6.07 Å². The third-order valence-electron chi connectivity index (χ3n) is 2.65. The largest absolute Gasteiger partial charge is 0.417 e. The van der Waals surface area contributed by atoms with Crippen molar-refractivity contribution in [2.24, 2.45) is 0 Å². The third-order valence-corrected chi connectivity index (χ3v) is 3.65. The Hall–Kier alpha value is -1.71. The van der Waals surface area contributed by atoms with Crippen molar-refractivity contribution >= 4 is 38.9 Å². The van der Waals surface area contributed by atoms with E-state index in [1.807, 2.05) is 6.07 Å². The molecule has 0 heterocycles. The van der Waals surface area contributed by atoms with Gasteiger partial charge in [-0.05, 0) is 36.4 Å². The highest BCUT2D eigenvalue weighted by atomic mass is 79.9. The minimum absolute atomic E-state index is 0.0292. The molecule has 0 amide bonds. The molecule has 2 aromatic rings. The molecule has 108 valence electrons. The highest BCUT2D eigenvalue weighted by Crippen LogP contribution is 2.37. The van der Waals surface area contributed by atoms with E-state index in [1.165, 1.54) is 24.3 Å². The van der Waals surface area contributed by atoms with Crippen LogP contribution in [0.3, 0.4) is 0 Å². The van der Waals surface area contributed by atoms with E-state index >= 15 is 0 Å². The second kappa shape index (κ2) is 5.96. The van der Waals surface area contributed by atoms with Crippen molar-refractivity contribution in [3.63, 3.8) is 0 Å². The van der Waals surface area contributed by atoms with Gasteiger partial charge in [-0.1, -0.05) is 27.5 Å². The summed E-state index contributed by atoms with van der Waals surface area (Å²) >= 11 is 8.75. The summed E-state index contributed by atoms with van der Waals surface area (Å²) in [5, 5.41) is 11.8. The van der Waals surface area contributed by atoms with Crippen LogP contribution in [0.25, 0.3) is 0 Å². The summed E-state index contributed by atoms with van der Waals surface area (Å²) in [6, 6.07) is 10.3. The Balaban J connectivity index is 2.33. The van der Waals surface area contributed by atoms with Gasteiger partial charge in [0.05, 0.1) is 16.1 Å². The zero-order valence-electron chi connectivity index (χ0n) is 10.3. The van der Waals surface area contributed by atoms with Crippen molar-refractivity contribution in [1.29, 1.82) is 5.26 Å². The fraction of sp³-hybridized carbons (Fsp3) is 0.0714. The van der Waals surface area contributed by atoms with E-state index in [2.05, 4.69) is 21.2 Å². The molecular formula is C14H7BrClF3N2. The van der Waals surface area contributed by atoms with Crippen LogP contribution in [0.15, 0.2) is 40.9 Å². The Bertz CT molecular complexity index is 723. The minimum atomic E-state index is -4.45. The van der Waals surface area contributed by atoms with Gasteiger partial charge in [0, 0.05) is 15.8 Å². The summed E-state index contributed by atoms with van der Waals surface area (Å²) in [7, 11) is 0. The fourth-order valence-electron chi connectivity index (χ4n) is 1.67. The second-order valence-corrected chi connectivity index (χ2v) is 5.39. The lowest BCUT2D eigenvalue weighted by molar-refractivity contribution is -0.138. The van der Waals surface area contributed by atoms with E-state index < -0.39 is 11.7 Å². The summed E-state index contributed by atoms with van der Waals surface area (Å²) in [5.41, 5.74) is 0.294. The number of nitriles is 1. The number of hydrogen-bond donors (Lipinski definition) is 1. The van der Waals surface area contributed by atoms with Crippen LogP contribution in [0.2, 0.25) is 5.02 Å². The average molecular weight is 376 g/mol. The van der Waals surface area contributed by atoms with Gasteiger partial charge < -0.3 is 5.32 Å². The Labute approximate surface area is 132 Å². The zero-order valence-corrected chi connectivity index (χ0v) is 12.6. The third kappa shape index (κ3) is 3.69. The molecule has 0 saturated carbocycles. The molecule has 0 bridgehead atoms. The van der Waals surface area contributed by atoms with Gasteiger partial charge in [-0.15, -0.1) is 0 Å². The number of nitrogens with one attached hydrogen (secondary N) is 1. The van der Waals surface area contributed by atoms with Crippen LogP contribution in [0.1, 0.15) is 11.1 Å². The summed E-state index contributed by atoms with van der Waals surface area (Å²) in [4.78, 5) is 0. The molecule has 0 aromatic heterocycles. The molecule has 21 heavy (non-hydrogen) atoms. The summed E-state index contributed by atoms with van der Waals surface area (Å²) in [5.74, 6) is 0. The molecule has 2 aromatic carbocycles. The van der Waals surface area contributed by atoms with Crippen molar-refractivity contribution in [2.45, 2.75) is 6.18 Å². The molecule has 0 aliphatic carbocycles. The number of rotatable bonds is 2. The van der Waals surface area contributed by atoms with Gasteiger partial charge in [-0.3, -0.25) is 0 Å². The fourth-order valence-corrected chi connectivity index (χ4v) is 2.36. The van der Waals surface area contributed by atoms with Gasteiger partial charge in [0.1, 0.15) is 6.07 Å². The van der Waals surface area contributed by atoms with E-state index in [-0.39, 0.29) is 15.2 Å². The van der Waals surface area contributed by atoms with Crippen LogP contribution >= 0.6 is 27.5 Å². The van der Waals surface area contributed by atoms with Crippen LogP contribution in [0.4, 0.5) is 24.5 Å². The normalized spacial score (nSPS) is 11.0. The Kier molecular flexibility index (Phi) is 4.45. The first-order valence-corrected chi connectivity index (χ1v) is 6.82. The summed E-state index contributed by atoms with van der Waals surface area (Å²) in [6.07, 6.45) is -4.45. The van der Waals surface area contributed by atoms with E-state index in [4.69, 9.17) is 16.9 Å². The number of nitrogens with zero attached hydrogens (tertiary/aromatic N) is 1. The minimum Gasteiger partial charge on any atom is -0.355 e. The summed E-state index contributed by atoms with van der Waals surface area (Å²) in [6.45, 7) is 0. The maximum absolute atomic E-state index is 12.8. The second-order valence-electron chi connectivity index (χ2n) is 4.12. The molecule has 0 aliphatic heterocycles. The molecule has 0 radical (unpaired) electrons. The molecule has 0 unspecified atom stereocenters. The van der Waals surface area contributed by atoms with Crippen LogP contribution < -0.4 is 5.32 Å². The molecule has 0 fully saturated rings. The number of benzene rings is 2. The van der Waals surface area contributed by atoms with Gasteiger partial charge in [0.15, 0.2) is 0 Å². The van der Waals surface area contributed by atoms with Crippen molar-refractivity contribution in [3.8, 4) is 6.07 Å². The molecule has 0 atom stereocenters. The maximum Gasteiger partial charge on any atom is 0.417 e. The highest BCUT2D eigenvalue weighted by molar-refractivity contribution is 9.10. The van der Waals surface area contributed by atoms with Gasteiger partial charge in [0.2, 0.25) is 0 Å². The topological polar surface area (TPSA) is 35.8 Å². The first-order valence-electron chi connectivity index (χ1n) is 5.64.